The summed E-state index contributed by atoms with van der Waals surface area (Å²) in [7, 11) is 0. The Morgan fingerprint density at radius 1 is 1.13 bits per heavy atom. The van der Waals surface area contributed by atoms with Crippen molar-refractivity contribution >= 4 is 35.2 Å². The molecule has 1 N–H and O–H groups in total. The number of aliphatic hydroxyl groups excluding tert-OH is 1. The lowest BCUT2D eigenvalue weighted by Gasteiger charge is -2.09. The fraction of sp³-hybridized carbons (Fsp3) is 0.0870. The van der Waals surface area contributed by atoms with Crippen LogP contribution >= 0.6 is 11.6 Å². The number of ether oxygens (including phenoxy) is 1. The summed E-state index contributed by atoms with van der Waals surface area (Å²) in [5.41, 5.74) is 1.48. The van der Waals surface area contributed by atoms with Gasteiger partial charge in [0.2, 0.25) is 0 Å². The van der Waals surface area contributed by atoms with Gasteiger partial charge in [0.25, 0.3) is 0 Å². The van der Waals surface area contributed by atoms with E-state index < -0.39 is 17.5 Å². The maximum atomic E-state index is 14.8. The first-order chi connectivity index (χ1) is 14.5. The summed E-state index contributed by atoms with van der Waals surface area (Å²) in [6, 6.07) is 14.4. The lowest BCUT2D eigenvalue weighted by molar-refractivity contribution is -0.137. The van der Waals surface area contributed by atoms with Gasteiger partial charge in [-0.3, -0.25) is 9.98 Å². The van der Waals surface area contributed by atoms with E-state index in [4.69, 9.17) is 16.3 Å². The predicted octanol–water partition coefficient (Wildman–Crippen LogP) is 5.78. The summed E-state index contributed by atoms with van der Waals surface area (Å²) in [5.74, 6) is -2.07. The Bertz CT molecular complexity index is 1100. The second kappa shape index (κ2) is 9.80. The fourth-order valence-electron chi connectivity index (χ4n) is 2.66. The third-order valence-corrected chi connectivity index (χ3v) is 4.41. The van der Waals surface area contributed by atoms with E-state index in [1.807, 2.05) is 0 Å². The number of benzene rings is 2. The Balaban J connectivity index is 2.00. The highest BCUT2D eigenvalue weighted by atomic mass is 35.5. The molecule has 5 nitrogen and oxygen atoms in total. The van der Waals surface area contributed by atoms with Crippen LogP contribution in [0, 0.1) is 5.82 Å². The first-order valence-electron chi connectivity index (χ1n) is 9.10. The summed E-state index contributed by atoms with van der Waals surface area (Å²) in [6.07, 6.45) is 4.35. The standard InChI is InChI=1S/C23H18ClFN2O3/c1-2-30-23(29)20(14-27-18-6-4-17(24)5-7-18)22(28)19-8-3-16(13-21(19)25)15-9-11-26-12-10-15/h3-14,28H,2H2,1H3/b22-20-,27-14?. The largest absolute Gasteiger partial charge is 0.506 e. The molecule has 2 aromatic carbocycles. The molecule has 1 heterocycles. The van der Waals surface area contributed by atoms with Gasteiger partial charge in [-0.15, -0.1) is 0 Å². The third-order valence-electron chi connectivity index (χ3n) is 4.16. The number of hydrogen-bond acceptors (Lipinski definition) is 5. The van der Waals surface area contributed by atoms with E-state index >= 15 is 0 Å². The van der Waals surface area contributed by atoms with Crippen molar-refractivity contribution in [3.8, 4) is 11.1 Å². The van der Waals surface area contributed by atoms with Crippen molar-refractivity contribution in [2.45, 2.75) is 6.92 Å². The predicted molar refractivity (Wildman–Crippen MR) is 115 cm³/mol. The molecule has 0 amide bonds. The monoisotopic (exact) mass is 424 g/mol. The minimum atomic E-state index is -0.815. The lowest BCUT2D eigenvalue weighted by atomic mass is 10.0. The zero-order valence-electron chi connectivity index (χ0n) is 16.0. The third kappa shape index (κ3) is 5.10. The second-order valence-electron chi connectivity index (χ2n) is 6.15. The van der Waals surface area contributed by atoms with Crippen molar-refractivity contribution in [3.63, 3.8) is 0 Å². The van der Waals surface area contributed by atoms with E-state index in [2.05, 4.69) is 9.98 Å². The molecular weight excluding hydrogens is 407 g/mol. The summed E-state index contributed by atoms with van der Waals surface area (Å²) in [6.45, 7) is 1.72. The molecule has 0 saturated heterocycles. The second-order valence-corrected chi connectivity index (χ2v) is 6.58. The van der Waals surface area contributed by atoms with Crippen LogP contribution in [0.3, 0.4) is 0 Å². The molecule has 0 aliphatic rings. The number of esters is 1. The summed E-state index contributed by atoms with van der Waals surface area (Å²) >= 11 is 5.85. The summed E-state index contributed by atoms with van der Waals surface area (Å²) in [4.78, 5) is 20.4. The first-order valence-corrected chi connectivity index (χ1v) is 9.47. The maximum absolute atomic E-state index is 14.8. The van der Waals surface area contributed by atoms with Crippen molar-refractivity contribution in [3.05, 3.63) is 89.0 Å². The van der Waals surface area contributed by atoms with Crippen LogP contribution in [-0.2, 0) is 9.53 Å². The normalized spacial score (nSPS) is 12.0. The van der Waals surface area contributed by atoms with Gasteiger partial charge in [0.05, 0.1) is 17.9 Å². The molecule has 0 aliphatic heterocycles. The number of aliphatic imine (C=N–C) groups is 1. The van der Waals surface area contributed by atoms with Crippen molar-refractivity contribution in [1.82, 2.24) is 4.98 Å². The molecule has 0 radical (unpaired) electrons. The molecule has 0 fully saturated rings. The number of halogens is 2. The summed E-state index contributed by atoms with van der Waals surface area (Å²) in [5, 5.41) is 11.2. The lowest BCUT2D eigenvalue weighted by Crippen LogP contribution is -2.11. The molecule has 0 aliphatic carbocycles. The zero-order chi connectivity index (χ0) is 21.5. The Hall–Kier alpha value is -3.51. The highest BCUT2D eigenvalue weighted by molar-refractivity contribution is 6.30. The number of carbonyl (C=O) groups is 1. The molecule has 30 heavy (non-hydrogen) atoms. The van der Waals surface area contributed by atoms with Gasteiger partial charge in [0.1, 0.15) is 17.1 Å². The smallest absolute Gasteiger partial charge is 0.343 e. The molecule has 0 saturated carbocycles. The number of carbonyl (C=O) groups excluding carboxylic acids is 1. The molecule has 3 rings (SSSR count). The number of rotatable bonds is 6. The number of aliphatic hydroxyl groups is 1. The minimum Gasteiger partial charge on any atom is -0.506 e. The van der Waals surface area contributed by atoms with Crippen LogP contribution in [0.2, 0.25) is 5.02 Å². The van der Waals surface area contributed by atoms with Crippen molar-refractivity contribution in [1.29, 1.82) is 0 Å². The Morgan fingerprint density at radius 2 is 1.83 bits per heavy atom. The van der Waals surface area contributed by atoms with Gasteiger partial charge in [-0.25, -0.2) is 9.18 Å². The van der Waals surface area contributed by atoms with Crippen LogP contribution in [0.1, 0.15) is 12.5 Å². The van der Waals surface area contributed by atoms with Crippen LogP contribution in [0.25, 0.3) is 16.9 Å². The number of hydrogen-bond donors (Lipinski definition) is 1. The first kappa shape index (κ1) is 21.2. The van der Waals surface area contributed by atoms with E-state index in [9.17, 15) is 14.3 Å². The van der Waals surface area contributed by atoms with Gasteiger partial charge in [-0.2, -0.15) is 0 Å². The molecule has 1 aromatic heterocycles. The van der Waals surface area contributed by atoms with Gasteiger partial charge in [-0.05, 0) is 66.6 Å². The van der Waals surface area contributed by atoms with Crippen LogP contribution in [0.5, 0.6) is 0 Å². The van der Waals surface area contributed by atoms with Crippen LogP contribution in [-0.4, -0.2) is 28.9 Å². The average Bonchev–Trinajstić information content (AvgIpc) is 2.76. The van der Waals surface area contributed by atoms with Gasteiger partial charge in [-0.1, -0.05) is 17.7 Å². The van der Waals surface area contributed by atoms with E-state index in [0.717, 1.165) is 11.8 Å². The van der Waals surface area contributed by atoms with Gasteiger partial charge >= 0.3 is 5.97 Å². The molecule has 0 atom stereocenters. The molecule has 0 unspecified atom stereocenters. The van der Waals surface area contributed by atoms with E-state index in [0.29, 0.717) is 16.3 Å². The van der Waals surface area contributed by atoms with E-state index in [-0.39, 0.29) is 17.7 Å². The Labute approximate surface area is 178 Å². The highest BCUT2D eigenvalue weighted by Crippen LogP contribution is 2.26. The zero-order valence-corrected chi connectivity index (χ0v) is 16.8. The van der Waals surface area contributed by atoms with Crippen molar-refractivity contribution < 1.29 is 19.0 Å². The van der Waals surface area contributed by atoms with Gasteiger partial charge in [0.15, 0.2) is 0 Å². The van der Waals surface area contributed by atoms with Gasteiger partial charge in [0, 0.05) is 23.6 Å². The Kier molecular flexibility index (Phi) is 6.93. The Morgan fingerprint density at radius 3 is 2.47 bits per heavy atom. The molecular formula is C23H18ClFN2O3. The molecule has 0 bridgehead atoms. The van der Waals surface area contributed by atoms with Crippen LogP contribution in [0.4, 0.5) is 10.1 Å². The van der Waals surface area contributed by atoms with Crippen molar-refractivity contribution in [2.75, 3.05) is 6.61 Å². The molecule has 0 spiro atoms. The maximum Gasteiger partial charge on any atom is 0.343 e. The number of pyridine rings is 1. The SMILES string of the molecule is CCOC(=O)/C(C=Nc1ccc(Cl)cc1)=C(\O)c1ccc(-c2ccncc2)cc1F. The highest BCUT2D eigenvalue weighted by Gasteiger charge is 2.19. The molecule has 152 valence electrons. The van der Waals surface area contributed by atoms with Crippen molar-refractivity contribution in [2.24, 2.45) is 4.99 Å². The number of nitrogens with zero attached hydrogens (tertiary/aromatic N) is 2. The van der Waals surface area contributed by atoms with Crippen LogP contribution < -0.4 is 0 Å². The molecule has 7 heteroatoms. The topological polar surface area (TPSA) is 71.8 Å². The quantitative estimate of drug-likeness (QED) is 0.236. The fourth-order valence-corrected chi connectivity index (χ4v) is 2.79. The number of aromatic nitrogens is 1. The summed E-state index contributed by atoms with van der Waals surface area (Å²) < 4.78 is 19.8. The van der Waals surface area contributed by atoms with Crippen LogP contribution in [0.15, 0.2) is 77.6 Å². The van der Waals surface area contributed by atoms with Gasteiger partial charge < -0.3 is 9.84 Å². The van der Waals surface area contributed by atoms with E-state index in [1.165, 1.54) is 12.1 Å². The minimum absolute atomic E-state index is 0.0911. The average molecular weight is 425 g/mol. The van der Waals surface area contributed by atoms with E-state index in [1.54, 1.807) is 61.8 Å². The molecule has 3 aromatic rings.